The van der Waals surface area contributed by atoms with Gasteiger partial charge in [-0.25, -0.2) is 0 Å². The number of nitrogens with one attached hydrogen (secondary N) is 1. The Balaban J connectivity index is 2.46. The molecule has 4 nitrogen and oxygen atoms in total. The molecule has 0 bridgehead atoms. The van der Waals surface area contributed by atoms with Crippen molar-refractivity contribution in [1.82, 2.24) is 10.2 Å². The first-order valence-corrected chi connectivity index (χ1v) is 6.08. The van der Waals surface area contributed by atoms with Gasteiger partial charge in [-0.15, -0.1) is 5.10 Å². The summed E-state index contributed by atoms with van der Waals surface area (Å²) < 4.78 is 11.1. The minimum Gasteiger partial charge on any atom is -0.367 e. The number of hydrogen-bond donors (Lipinski definition) is 1. The molecular weight excluding hydrogens is 198 g/mol. The maximum absolute atomic E-state index is 11.1. The van der Waals surface area contributed by atoms with Crippen molar-refractivity contribution in [2.24, 2.45) is 0 Å². The number of nitrogens with zero attached hydrogens (tertiary/aromatic N) is 2. The fraction of sp³-hybridized carbons (Fsp3) is 0.556. The van der Waals surface area contributed by atoms with Gasteiger partial charge in [0.05, 0.1) is 5.69 Å². The Morgan fingerprint density at radius 2 is 2.21 bits per heavy atom. The van der Waals surface area contributed by atoms with Gasteiger partial charge in [-0.3, -0.25) is 4.21 Å². The van der Waals surface area contributed by atoms with Crippen LogP contribution < -0.4 is 5.32 Å². The van der Waals surface area contributed by atoms with Gasteiger partial charge in [0, 0.05) is 28.9 Å². The zero-order valence-corrected chi connectivity index (χ0v) is 9.47. The second-order valence-electron chi connectivity index (χ2n) is 3.25. The molecule has 0 radical (unpaired) electrons. The van der Waals surface area contributed by atoms with Crippen LogP contribution >= 0.6 is 0 Å². The number of aromatic nitrogens is 2. The van der Waals surface area contributed by atoms with Crippen LogP contribution in [0.25, 0.3) is 0 Å². The lowest BCUT2D eigenvalue weighted by Crippen LogP contribution is -2.21. The molecule has 0 saturated carbocycles. The molecule has 1 rings (SSSR count). The van der Waals surface area contributed by atoms with Gasteiger partial charge in [-0.2, -0.15) is 5.10 Å². The van der Waals surface area contributed by atoms with Crippen molar-refractivity contribution in [1.29, 1.82) is 0 Å². The number of aryl methyl sites for hydroxylation is 1. The van der Waals surface area contributed by atoms with Gasteiger partial charge in [-0.05, 0) is 26.0 Å². The minimum absolute atomic E-state index is 0.123. The first-order chi connectivity index (χ1) is 6.59. The van der Waals surface area contributed by atoms with Crippen LogP contribution in [0.1, 0.15) is 12.6 Å². The fourth-order valence-electron chi connectivity index (χ4n) is 0.859. The van der Waals surface area contributed by atoms with Crippen LogP contribution in [0.2, 0.25) is 0 Å². The number of anilines is 1. The molecule has 1 aromatic rings. The molecule has 0 aliphatic carbocycles. The average molecular weight is 213 g/mol. The van der Waals surface area contributed by atoms with E-state index < -0.39 is 10.8 Å². The second-order valence-corrected chi connectivity index (χ2v) is 5.05. The Morgan fingerprint density at radius 3 is 2.71 bits per heavy atom. The van der Waals surface area contributed by atoms with E-state index in [0.29, 0.717) is 6.54 Å². The van der Waals surface area contributed by atoms with Crippen LogP contribution in [0.5, 0.6) is 0 Å². The molecule has 14 heavy (non-hydrogen) atoms. The molecule has 0 aliphatic rings. The number of hydrogen-bond acceptors (Lipinski definition) is 4. The van der Waals surface area contributed by atoms with Crippen LogP contribution in [-0.2, 0) is 10.8 Å². The lowest BCUT2D eigenvalue weighted by Gasteiger charge is -2.09. The first-order valence-electron chi connectivity index (χ1n) is 4.46. The summed E-state index contributed by atoms with van der Waals surface area (Å²) in [6, 6.07) is 3.76. The third kappa shape index (κ3) is 3.41. The van der Waals surface area contributed by atoms with Crippen molar-refractivity contribution in [3.05, 3.63) is 17.8 Å². The highest BCUT2D eigenvalue weighted by Gasteiger charge is 2.05. The van der Waals surface area contributed by atoms with E-state index in [4.69, 9.17) is 0 Å². The van der Waals surface area contributed by atoms with E-state index in [1.165, 1.54) is 0 Å². The summed E-state index contributed by atoms with van der Waals surface area (Å²) in [6.45, 7) is 4.48. The molecule has 78 valence electrons. The van der Waals surface area contributed by atoms with Crippen LogP contribution in [0, 0.1) is 6.92 Å². The van der Waals surface area contributed by atoms with Crippen molar-refractivity contribution >= 4 is 16.6 Å². The predicted molar refractivity (Wildman–Crippen MR) is 58.8 cm³/mol. The lowest BCUT2D eigenvalue weighted by molar-refractivity contribution is 0.678. The van der Waals surface area contributed by atoms with E-state index in [0.717, 1.165) is 11.5 Å². The summed E-state index contributed by atoms with van der Waals surface area (Å²) in [7, 11) is -0.799. The molecular formula is C9H15N3OS. The Morgan fingerprint density at radius 1 is 1.50 bits per heavy atom. The molecule has 1 heterocycles. The van der Waals surface area contributed by atoms with E-state index >= 15 is 0 Å². The molecule has 2 unspecified atom stereocenters. The van der Waals surface area contributed by atoms with Gasteiger partial charge in [0.2, 0.25) is 0 Å². The zero-order chi connectivity index (χ0) is 10.6. The lowest BCUT2D eigenvalue weighted by atomic mass is 10.4. The minimum atomic E-state index is -0.799. The Bertz CT molecular complexity index is 312. The molecule has 1 aromatic heterocycles. The van der Waals surface area contributed by atoms with Gasteiger partial charge < -0.3 is 5.32 Å². The highest BCUT2D eigenvalue weighted by atomic mass is 32.2. The van der Waals surface area contributed by atoms with Gasteiger partial charge in [0.25, 0.3) is 0 Å². The smallest absolute Gasteiger partial charge is 0.148 e. The molecule has 0 aromatic carbocycles. The van der Waals surface area contributed by atoms with E-state index in [9.17, 15) is 4.21 Å². The Labute approximate surface area is 86.6 Å². The van der Waals surface area contributed by atoms with E-state index in [1.807, 2.05) is 26.0 Å². The Hall–Kier alpha value is -0.970. The van der Waals surface area contributed by atoms with Crippen LogP contribution in [-0.4, -0.2) is 32.5 Å². The summed E-state index contributed by atoms with van der Waals surface area (Å²) in [6.07, 6.45) is 1.70. The van der Waals surface area contributed by atoms with Crippen molar-refractivity contribution in [2.45, 2.75) is 19.1 Å². The molecule has 1 N–H and O–H groups in total. The molecule has 0 fully saturated rings. The molecule has 2 atom stereocenters. The standard InChI is InChI=1S/C9H15N3OS/c1-7-4-5-9(12-11-7)10-6-8(2)14(3)13/h4-5,8H,6H2,1-3H3,(H,10,12). The summed E-state index contributed by atoms with van der Waals surface area (Å²) in [5.74, 6) is 0.730. The summed E-state index contributed by atoms with van der Waals surface area (Å²) in [5.41, 5.74) is 0.891. The summed E-state index contributed by atoms with van der Waals surface area (Å²) in [4.78, 5) is 0. The molecule has 0 saturated heterocycles. The SMILES string of the molecule is Cc1ccc(NCC(C)S(C)=O)nn1. The van der Waals surface area contributed by atoms with Gasteiger partial charge >= 0.3 is 0 Å². The van der Waals surface area contributed by atoms with Crippen LogP contribution in [0.4, 0.5) is 5.82 Å². The van der Waals surface area contributed by atoms with E-state index in [-0.39, 0.29) is 5.25 Å². The van der Waals surface area contributed by atoms with E-state index in [1.54, 1.807) is 6.26 Å². The summed E-state index contributed by atoms with van der Waals surface area (Å²) in [5, 5.41) is 11.1. The van der Waals surface area contributed by atoms with Crippen LogP contribution in [0.15, 0.2) is 12.1 Å². The molecule has 5 heteroatoms. The fourth-order valence-corrected chi connectivity index (χ4v) is 1.18. The van der Waals surface area contributed by atoms with Gasteiger partial charge in [-0.1, -0.05) is 0 Å². The van der Waals surface area contributed by atoms with Crippen molar-refractivity contribution < 1.29 is 4.21 Å². The van der Waals surface area contributed by atoms with Crippen LogP contribution in [0.3, 0.4) is 0 Å². The second kappa shape index (κ2) is 5.05. The predicted octanol–water partition coefficient (Wildman–Crippen LogP) is 0.964. The van der Waals surface area contributed by atoms with Crippen molar-refractivity contribution in [2.75, 3.05) is 18.1 Å². The molecule has 0 spiro atoms. The highest BCUT2D eigenvalue weighted by molar-refractivity contribution is 7.84. The van der Waals surface area contributed by atoms with Crippen molar-refractivity contribution in [3.63, 3.8) is 0 Å². The van der Waals surface area contributed by atoms with Crippen molar-refractivity contribution in [3.8, 4) is 0 Å². The Kier molecular flexibility index (Phi) is 4.00. The maximum Gasteiger partial charge on any atom is 0.148 e. The number of rotatable bonds is 4. The normalized spacial score (nSPS) is 14.8. The largest absolute Gasteiger partial charge is 0.367 e. The molecule has 0 aliphatic heterocycles. The first kappa shape index (κ1) is 11.1. The third-order valence-electron chi connectivity index (χ3n) is 1.94. The monoisotopic (exact) mass is 213 g/mol. The van der Waals surface area contributed by atoms with E-state index in [2.05, 4.69) is 15.5 Å². The molecule has 0 amide bonds. The highest BCUT2D eigenvalue weighted by Crippen LogP contribution is 2.02. The summed E-state index contributed by atoms with van der Waals surface area (Å²) >= 11 is 0. The topological polar surface area (TPSA) is 54.9 Å². The maximum atomic E-state index is 11.1. The quantitative estimate of drug-likeness (QED) is 0.809. The zero-order valence-electron chi connectivity index (χ0n) is 8.65. The third-order valence-corrected chi connectivity index (χ3v) is 3.24. The van der Waals surface area contributed by atoms with Gasteiger partial charge in [0.1, 0.15) is 5.82 Å². The average Bonchev–Trinajstić information content (AvgIpc) is 2.16. The van der Waals surface area contributed by atoms with Gasteiger partial charge in [0.15, 0.2) is 0 Å².